The van der Waals surface area contributed by atoms with E-state index in [-0.39, 0.29) is 40.0 Å². The largest absolute Gasteiger partial charge is 0.477 e. The van der Waals surface area contributed by atoms with Crippen molar-refractivity contribution in [1.82, 2.24) is 38.6 Å². The second-order valence-electron chi connectivity index (χ2n) is 26.0. The number of halogens is 2. The van der Waals surface area contributed by atoms with Crippen LogP contribution in [0.2, 0.25) is 10.0 Å². The number of pyridine rings is 3. The first-order valence-corrected chi connectivity index (χ1v) is 37.0. The molecule has 0 bridgehead atoms. The van der Waals surface area contributed by atoms with Crippen molar-refractivity contribution in [3.8, 4) is 35.9 Å². The molecule has 0 saturated carbocycles. The lowest BCUT2D eigenvalue weighted by molar-refractivity contribution is 0.0740. The first-order valence-electron chi connectivity index (χ1n) is 34.4. The van der Waals surface area contributed by atoms with Gasteiger partial charge < -0.3 is 53.1 Å². The summed E-state index contributed by atoms with van der Waals surface area (Å²) < 4.78 is 9.38. The molecule has 8 heterocycles. The number of rotatable bonds is 17. The van der Waals surface area contributed by atoms with E-state index in [0.717, 1.165) is 90.8 Å². The number of aromatic nitrogens is 3. The molecule has 3 fully saturated rings. The number of carbonyl (C=O) groups excluding carboxylic acids is 3. The highest BCUT2D eigenvalue weighted by molar-refractivity contribution is 7.12. The Morgan fingerprint density at radius 1 is 0.538 bits per heavy atom. The molecule has 0 aliphatic carbocycles. The number of amides is 3. The van der Waals surface area contributed by atoms with E-state index in [1.165, 1.54) is 22.7 Å². The number of para-hydroxylation sites is 1. The first kappa shape index (κ1) is 74.7. The van der Waals surface area contributed by atoms with Crippen molar-refractivity contribution in [2.75, 3.05) is 141 Å². The van der Waals surface area contributed by atoms with Crippen molar-refractivity contribution in [1.29, 1.82) is 15.8 Å². The van der Waals surface area contributed by atoms with Crippen LogP contribution in [-0.2, 0) is 13.1 Å². The molecule has 24 heteroatoms. The zero-order valence-corrected chi connectivity index (χ0v) is 62.2. The fraction of sp³-hybridized carbons (Fsp3) is 0.312. The number of nitriles is 3. The lowest BCUT2D eigenvalue weighted by atomic mass is 10.0. The van der Waals surface area contributed by atoms with Crippen molar-refractivity contribution in [3.63, 3.8) is 0 Å². The summed E-state index contributed by atoms with van der Waals surface area (Å²) >= 11 is 15.0. The van der Waals surface area contributed by atoms with Gasteiger partial charge in [0.1, 0.15) is 34.9 Å². The predicted molar refractivity (Wildman–Crippen MR) is 416 cm³/mol. The highest BCUT2D eigenvalue weighted by Crippen LogP contribution is 2.38. The zero-order chi connectivity index (χ0) is 73.6. The molecule has 532 valence electrons. The molecule has 0 atom stereocenters. The molecular weight excluding hydrogens is 1390 g/mol. The van der Waals surface area contributed by atoms with E-state index in [9.17, 15) is 39.8 Å². The number of carbonyl (C=O) groups is 3. The Morgan fingerprint density at radius 3 is 1.59 bits per heavy atom. The van der Waals surface area contributed by atoms with Crippen LogP contribution in [0.25, 0.3) is 32.7 Å². The van der Waals surface area contributed by atoms with Gasteiger partial charge in [0.15, 0.2) is 0 Å². The second kappa shape index (κ2) is 34.6. The average molecular weight is 1470 g/mol. The second-order valence-corrected chi connectivity index (χ2v) is 28.7. The Morgan fingerprint density at radius 2 is 1.05 bits per heavy atom. The Balaban J connectivity index is 0.000000157. The number of hydrogen-bond donors (Lipinski definition) is 0. The number of hydrogen-bond acceptors (Lipinski definition) is 17. The number of aryl methyl sites for hydroxylation is 2. The van der Waals surface area contributed by atoms with Crippen LogP contribution >= 0.6 is 45.9 Å². The quantitative estimate of drug-likeness (QED) is 0.0612. The maximum Gasteiger partial charge on any atom is 0.271 e. The number of ether oxygens (including phenoxy) is 1. The summed E-state index contributed by atoms with van der Waals surface area (Å²) in [5.74, 6) is 6.40. The monoisotopic (exact) mass is 1470 g/mol. The van der Waals surface area contributed by atoms with Gasteiger partial charge in [-0.05, 0) is 144 Å². The Labute approximate surface area is 623 Å². The molecular formula is C80H80Cl2N14O6S2. The van der Waals surface area contributed by atoms with Gasteiger partial charge in [-0.3, -0.25) is 24.0 Å². The molecule has 0 radical (unpaired) electrons. The summed E-state index contributed by atoms with van der Waals surface area (Å²) in [6, 6.07) is 48.5. The van der Waals surface area contributed by atoms with Gasteiger partial charge in [-0.25, -0.2) is 4.98 Å². The van der Waals surface area contributed by atoms with Crippen LogP contribution in [0.15, 0.2) is 154 Å². The maximum absolute atomic E-state index is 13.6. The molecule has 5 aromatic heterocycles. The molecule has 3 aliphatic heterocycles. The summed E-state index contributed by atoms with van der Waals surface area (Å²) in [5, 5.41) is 37.4. The molecule has 3 saturated heterocycles. The van der Waals surface area contributed by atoms with E-state index in [4.69, 9.17) is 27.9 Å². The molecule has 3 aliphatic rings. The number of fused-ring (bicyclic) bond motifs is 3. The zero-order valence-electron chi connectivity index (χ0n) is 59.1. The lowest BCUT2D eigenvalue weighted by Crippen LogP contribution is -2.49. The lowest BCUT2D eigenvalue weighted by Gasteiger charge is -2.37. The van der Waals surface area contributed by atoms with Gasteiger partial charge >= 0.3 is 0 Å². The summed E-state index contributed by atoms with van der Waals surface area (Å²) in [4.78, 5) is 87.8. The van der Waals surface area contributed by atoms with E-state index in [0.29, 0.717) is 137 Å². The van der Waals surface area contributed by atoms with Gasteiger partial charge in [0.2, 0.25) is 5.88 Å². The smallest absolute Gasteiger partial charge is 0.271 e. The number of piperazine rings is 3. The molecule has 20 nitrogen and oxygen atoms in total. The van der Waals surface area contributed by atoms with Crippen molar-refractivity contribution in [2.24, 2.45) is 0 Å². The predicted octanol–water partition coefficient (Wildman–Crippen LogP) is 12.2. The molecule has 5 aromatic carbocycles. The summed E-state index contributed by atoms with van der Waals surface area (Å²) in [6.07, 6.45) is 1.65. The Bertz CT molecular complexity index is 5110. The maximum atomic E-state index is 13.6. The number of thiophene rings is 2. The van der Waals surface area contributed by atoms with Crippen molar-refractivity contribution in [2.45, 2.75) is 39.8 Å². The topological polar surface area (TPSA) is 215 Å². The van der Waals surface area contributed by atoms with Gasteiger partial charge in [-0.15, -0.1) is 28.6 Å². The third-order valence-corrected chi connectivity index (χ3v) is 21.0. The van der Waals surface area contributed by atoms with Gasteiger partial charge in [-0.1, -0.05) is 101 Å². The fourth-order valence-electron chi connectivity index (χ4n) is 13.3. The highest BCUT2D eigenvalue weighted by Gasteiger charge is 2.32. The van der Waals surface area contributed by atoms with E-state index in [1.807, 2.05) is 176 Å². The summed E-state index contributed by atoms with van der Waals surface area (Å²) in [7, 11) is 8.05. The van der Waals surface area contributed by atoms with E-state index in [2.05, 4.69) is 54.6 Å². The minimum absolute atomic E-state index is 0.0295. The normalized spacial score (nSPS) is 13.7. The molecule has 0 unspecified atom stereocenters. The molecule has 104 heavy (non-hydrogen) atoms. The van der Waals surface area contributed by atoms with Crippen molar-refractivity contribution < 1.29 is 19.1 Å². The molecule has 0 spiro atoms. The van der Waals surface area contributed by atoms with Gasteiger partial charge in [-0.2, -0.15) is 15.8 Å². The van der Waals surface area contributed by atoms with Crippen LogP contribution in [0.1, 0.15) is 82.8 Å². The molecule has 10 aromatic rings. The van der Waals surface area contributed by atoms with Crippen molar-refractivity contribution in [3.05, 3.63) is 224 Å². The standard InChI is InChI=1S/C29H24Cl2N4O2.C27H29N5O2S.C24H27N5O2S/c1-19-7-10-26-22(15-19)27(23(17-32)29(37)35(26)18-20-5-3-2-4-6-20)33-11-13-34(14-12-33)28(36)21-8-9-24(30)25(31)16-21;1-4-7-20-9-10-23-21(18-20)25(22(19-28)26(33)32(23)12-6-11-29(2)3)30-13-15-31(16-14-30)27(34)24-8-5-17-35-24;1-27(2)10-6-15-31-23-19(17-25)22(18-7-3-4-8-20(18)26-23)28-11-13-29(14-12-28)24(30)21-9-5-16-32-21/h2-10,15-16H,11-14,18H2,1H3;5,8-10,17-18H,6,11-16H2,1-3H3;3-5,7-9,16H,6,10-15H2,1-2H3. The average Bonchev–Trinajstić information content (AvgIpc) is 0.857. The van der Waals surface area contributed by atoms with Crippen LogP contribution in [0.5, 0.6) is 5.88 Å². The SMILES string of the molecule is CC#Cc1ccc2c(c1)c(N1CCN(C(=O)c3cccs3)CC1)c(C#N)c(=O)n2CCCN(C)C.CN(C)CCCOc1nc2ccccc2c(N2CCN(C(=O)c3cccs3)CC2)c1C#N.Cc1ccc2c(c1)c(N1CCN(C(=O)c3ccc(Cl)c(Cl)c3)CC1)c(C#N)c(=O)n2Cc1ccccc1. The number of benzene rings is 5. The molecule has 0 N–H and O–H groups in total. The van der Waals surface area contributed by atoms with Crippen LogP contribution in [0.3, 0.4) is 0 Å². The van der Waals surface area contributed by atoms with E-state index in [1.54, 1.807) is 39.2 Å². The first-order chi connectivity index (χ1) is 50.4. The van der Waals surface area contributed by atoms with Gasteiger partial charge in [0.25, 0.3) is 28.8 Å². The molecule has 3 amide bonds. The summed E-state index contributed by atoms with van der Waals surface area (Å²) in [5.41, 5.74) is 8.04. The minimum Gasteiger partial charge on any atom is -0.477 e. The number of nitrogens with zero attached hydrogens (tertiary/aromatic N) is 14. The Kier molecular flexibility index (Phi) is 24.9. The minimum atomic E-state index is -0.313. The third kappa shape index (κ3) is 17.1. The Hall–Kier alpha value is -10.5. The fourth-order valence-corrected chi connectivity index (χ4v) is 15.0. The van der Waals surface area contributed by atoms with Crippen LogP contribution in [-0.4, -0.2) is 183 Å². The third-order valence-electron chi connectivity index (χ3n) is 18.5. The highest BCUT2D eigenvalue weighted by atomic mass is 35.5. The van der Waals surface area contributed by atoms with E-state index >= 15 is 0 Å². The molecule has 13 rings (SSSR count). The van der Waals surface area contributed by atoms with Crippen LogP contribution in [0, 0.1) is 52.8 Å². The van der Waals surface area contributed by atoms with E-state index < -0.39 is 0 Å². The van der Waals surface area contributed by atoms with Gasteiger partial charge in [0, 0.05) is 119 Å². The van der Waals surface area contributed by atoms with Crippen LogP contribution in [0.4, 0.5) is 17.1 Å². The van der Waals surface area contributed by atoms with Gasteiger partial charge in [0.05, 0.1) is 66.6 Å². The van der Waals surface area contributed by atoms with Crippen molar-refractivity contribution >= 4 is 113 Å². The van der Waals surface area contributed by atoms with Crippen LogP contribution < -0.4 is 30.6 Å². The number of anilines is 3. The summed E-state index contributed by atoms with van der Waals surface area (Å²) in [6.45, 7) is 13.5.